The van der Waals surface area contributed by atoms with Crippen molar-refractivity contribution >= 4 is 0 Å². The Labute approximate surface area is 115 Å². The maximum atomic E-state index is 9.31. The number of aryl methyl sites for hydroxylation is 2. The third-order valence-electron chi connectivity index (χ3n) is 3.94. The van der Waals surface area contributed by atoms with Gasteiger partial charge < -0.3 is 9.84 Å². The number of piperidine rings is 1. The van der Waals surface area contributed by atoms with Crippen LogP contribution in [0.5, 0.6) is 5.88 Å². The first-order valence-corrected chi connectivity index (χ1v) is 7.11. The molecule has 2 heterocycles. The van der Waals surface area contributed by atoms with Crippen LogP contribution in [0.25, 0.3) is 0 Å². The molecule has 108 valence electrons. The molecule has 1 aromatic heterocycles. The fraction of sp³-hybridized carbons (Fsp3) is 0.786. The van der Waals surface area contributed by atoms with Gasteiger partial charge >= 0.3 is 0 Å². The highest BCUT2D eigenvalue weighted by atomic mass is 16.5. The van der Waals surface area contributed by atoms with Gasteiger partial charge in [0.05, 0.1) is 18.4 Å². The molecule has 1 aliphatic heterocycles. The van der Waals surface area contributed by atoms with Crippen molar-refractivity contribution in [1.82, 2.24) is 14.7 Å². The van der Waals surface area contributed by atoms with Gasteiger partial charge in [0.1, 0.15) is 0 Å². The van der Waals surface area contributed by atoms with Crippen molar-refractivity contribution in [2.75, 3.05) is 26.8 Å². The first-order valence-electron chi connectivity index (χ1n) is 7.11. The molecular weight excluding hydrogens is 242 g/mol. The lowest BCUT2D eigenvalue weighted by molar-refractivity contribution is 0.115. The molecule has 1 N–H and O–H groups in total. The summed E-state index contributed by atoms with van der Waals surface area (Å²) in [6, 6.07) is 0. The zero-order valence-electron chi connectivity index (χ0n) is 12.2. The van der Waals surface area contributed by atoms with Crippen molar-refractivity contribution in [3.05, 3.63) is 11.3 Å². The number of likely N-dealkylation sites (tertiary alicyclic amines) is 1. The van der Waals surface area contributed by atoms with E-state index >= 15 is 0 Å². The van der Waals surface area contributed by atoms with Crippen molar-refractivity contribution in [3.8, 4) is 5.88 Å². The molecule has 1 aliphatic rings. The maximum Gasteiger partial charge on any atom is 0.216 e. The Kier molecular flexibility index (Phi) is 4.82. The molecule has 0 radical (unpaired) electrons. The molecule has 0 saturated carbocycles. The average molecular weight is 267 g/mol. The summed E-state index contributed by atoms with van der Waals surface area (Å²) in [5.74, 6) is 1.28. The molecule has 1 aromatic rings. The topological polar surface area (TPSA) is 50.5 Å². The Bertz CT molecular complexity index is 417. The lowest BCUT2D eigenvalue weighted by Crippen LogP contribution is -2.36. The van der Waals surface area contributed by atoms with E-state index in [0.717, 1.165) is 50.5 Å². The minimum atomic E-state index is 0.293. The van der Waals surface area contributed by atoms with E-state index in [1.807, 2.05) is 11.7 Å². The third kappa shape index (κ3) is 3.09. The smallest absolute Gasteiger partial charge is 0.216 e. The quantitative estimate of drug-likeness (QED) is 0.871. The predicted molar refractivity (Wildman–Crippen MR) is 74.2 cm³/mol. The number of rotatable bonds is 5. The summed E-state index contributed by atoms with van der Waals surface area (Å²) >= 11 is 0. The van der Waals surface area contributed by atoms with Gasteiger partial charge in [-0.2, -0.15) is 5.10 Å². The van der Waals surface area contributed by atoms with E-state index in [2.05, 4.69) is 16.9 Å². The third-order valence-corrected chi connectivity index (χ3v) is 3.94. The second-order valence-corrected chi connectivity index (χ2v) is 5.34. The van der Waals surface area contributed by atoms with Gasteiger partial charge in [0, 0.05) is 26.7 Å². The second-order valence-electron chi connectivity index (χ2n) is 5.34. The fourth-order valence-corrected chi connectivity index (χ4v) is 2.97. The van der Waals surface area contributed by atoms with Gasteiger partial charge in [-0.25, -0.2) is 4.68 Å². The molecule has 5 nitrogen and oxygen atoms in total. The molecule has 1 fully saturated rings. The number of hydrogen-bond donors (Lipinski definition) is 1. The van der Waals surface area contributed by atoms with Gasteiger partial charge in [-0.1, -0.05) is 6.92 Å². The predicted octanol–water partition coefficient (Wildman–Crippen LogP) is 1.20. The maximum absolute atomic E-state index is 9.31. The lowest BCUT2D eigenvalue weighted by Gasteiger charge is -2.31. The molecule has 1 saturated heterocycles. The molecule has 1 atom stereocenters. The Morgan fingerprint density at radius 2 is 2.26 bits per heavy atom. The first kappa shape index (κ1) is 14.3. The average Bonchev–Trinajstić information content (AvgIpc) is 2.74. The van der Waals surface area contributed by atoms with E-state index in [1.54, 1.807) is 7.11 Å². The summed E-state index contributed by atoms with van der Waals surface area (Å²) in [5, 5.41) is 13.8. The summed E-state index contributed by atoms with van der Waals surface area (Å²) in [4.78, 5) is 2.41. The minimum absolute atomic E-state index is 0.293. The summed E-state index contributed by atoms with van der Waals surface area (Å²) in [7, 11) is 3.63. The van der Waals surface area contributed by atoms with Crippen LogP contribution in [0.4, 0.5) is 0 Å². The Balaban J connectivity index is 2.13. The van der Waals surface area contributed by atoms with Gasteiger partial charge in [-0.05, 0) is 31.7 Å². The number of methoxy groups -OCH3 is 1. The van der Waals surface area contributed by atoms with Crippen LogP contribution in [0.1, 0.15) is 31.0 Å². The molecule has 0 amide bonds. The van der Waals surface area contributed by atoms with Crippen LogP contribution in [0.15, 0.2) is 0 Å². The summed E-state index contributed by atoms with van der Waals surface area (Å²) in [6.07, 6.45) is 3.22. The number of aromatic nitrogens is 2. The summed E-state index contributed by atoms with van der Waals surface area (Å²) < 4.78 is 7.30. The standard InChI is InChI=1S/C14H25N3O2/c1-4-13-12(14(19-3)16(2)15-13)9-17-7-5-6-11(8-17)10-18/h11,18H,4-10H2,1-3H3. The van der Waals surface area contributed by atoms with E-state index in [9.17, 15) is 5.11 Å². The van der Waals surface area contributed by atoms with Gasteiger partial charge in [0.15, 0.2) is 0 Å². The minimum Gasteiger partial charge on any atom is -0.481 e. The summed E-state index contributed by atoms with van der Waals surface area (Å²) in [5.41, 5.74) is 2.32. The SMILES string of the molecule is CCc1nn(C)c(OC)c1CN1CCCC(CO)C1. The van der Waals surface area contributed by atoms with Crippen molar-refractivity contribution in [2.45, 2.75) is 32.7 Å². The molecule has 5 heteroatoms. The lowest BCUT2D eigenvalue weighted by atomic mass is 9.98. The van der Waals surface area contributed by atoms with E-state index in [-0.39, 0.29) is 0 Å². The van der Waals surface area contributed by atoms with Crippen LogP contribution in [-0.4, -0.2) is 46.6 Å². The van der Waals surface area contributed by atoms with E-state index in [0.29, 0.717) is 12.5 Å². The number of hydrogen-bond acceptors (Lipinski definition) is 4. The van der Waals surface area contributed by atoms with Crippen LogP contribution < -0.4 is 4.74 Å². The van der Waals surface area contributed by atoms with Crippen LogP contribution in [0, 0.1) is 5.92 Å². The Hall–Kier alpha value is -1.07. The first-order chi connectivity index (χ1) is 9.19. The van der Waals surface area contributed by atoms with Gasteiger partial charge in [0.2, 0.25) is 5.88 Å². The largest absolute Gasteiger partial charge is 0.481 e. The van der Waals surface area contributed by atoms with Crippen molar-refractivity contribution in [1.29, 1.82) is 0 Å². The number of aliphatic hydroxyl groups is 1. The highest BCUT2D eigenvalue weighted by Crippen LogP contribution is 2.26. The van der Waals surface area contributed by atoms with E-state index < -0.39 is 0 Å². The molecule has 0 bridgehead atoms. The highest BCUT2D eigenvalue weighted by Gasteiger charge is 2.23. The highest BCUT2D eigenvalue weighted by molar-refractivity contribution is 5.31. The molecule has 19 heavy (non-hydrogen) atoms. The van der Waals surface area contributed by atoms with Gasteiger partial charge in [0.25, 0.3) is 0 Å². The monoisotopic (exact) mass is 267 g/mol. The van der Waals surface area contributed by atoms with E-state index in [4.69, 9.17) is 4.74 Å². The van der Waals surface area contributed by atoms with Crippen molar-refractivity contribution in [3.63, 3.8) is 0 Å². The molecule has 0 aromatic carbocycles. The zero-order valence-corrected chi connectivity index (χ0v) is 12.2. The Morgan fingerprint density at radius 3 is 2.89 bits per heavy atom. The normalized spacial score (nSPS) is 20.7. The van der Waals surface area contributed by atoms with Gasteiger partial charge in [-0.15, -0.1) is 0 Å². The second kappa shape index (κ2) is 6.39. The van der Waals surface area contributed by atoms with E-state index in [1.165, 1.54) is 5.56 Å². The molecule has 0 aliphatic carbocycles. The molecule has 0 spiro atoms. The zero-order chi connectivity index (χ0) is 13.8. The van der Waals surface area contributed by atoms with Crippen molar-refractivity contribution in [2.24, 2.45) is 13.0 Å². The van der Waals surface area contributed by atoms with Crippen LogP contribution in [-0.2, 0) is 20.0 Å². The van der Waals surface area contributed by atoms with Crippen LogP contribution in [0.2, 0.25) is 0 Å². The van der Waals surface area contributed by atoms with Gasteiger partial charge in [-0.3, -0.25) is 4.90 Å². The number of ether oxygens (including phenoxy) is 1. The molecule has 2 rings (SSSR count). The fourth-order valence-electron chi connectivity index (χ4n) is 2.97. The van der Waals surface area contributed by atoms with Crippen LogP contribution >= 0.6 is 0 Å². The number of nitrogens with zero attached hydrogens (tertiary/aromatic N) is 3. The van der Waals surface area contributed by atoms with Crippen LogP contribution in [0.3, 0.4) is 0 Å². The van der Waals surface area contributed by atoms with Crippen molar-refractivity contribution < 1.29 is 9.84 Å². The molecular formula is C14H25N3O2. The Morgan fingerprint density at radius 1 is 1.47 bits per heavy atom. The molecule has 1 unspecified atom stereocenters. The number of aliphatic hydroxyl groups excluding tert-OH is 1. The summed E-state index contributed by atoms with van der Waals surface area (Å²) in [6.45, 7) is 5.35.